The van der Waals surface area contributed by atoms with E-state index in [0.717, 1.165) is 19.5 Å². The zero-order chi connectivity index (χ0) is 10.8. The molecule has 4 nitrogen and oxygen atoms in total. The largest absolute Gasteiger partial charge is 0.329 e. The fourth-order valence-electron chi connectivity index (χ4n) is 2.17. The number of aryl methyl sites for hydroxylation is 1. The van der Waals surface area contributed by atoms with E-state index < -0.39 is 0 Å². The van der Waals surface area contributed by atoms with Gasteiger partial charge in [0.1, 0.15) is 0 Å². The molecule has 1 aromatic rings. The lowest BCUT2D eigenvalue weighted by molar-refractivity contribution is 0.0899. The molecule has 1 saturated heterocycles. The smallest absolute Gasteiger partial charge is 0.202 e. The highest BCUT2D eigenvalue weighted by Gasteiger charge is 2.31. The molecule has 1 aliphatic heterocycles. The van der Waals surface area contributed by atoms with E-state index in [4.69, 9.17) is 0 Å². The van der Waals surface area contributed by atoms with Crippen molar-refractivity contribution in [3.8, 4) is 0 Å². The second kappa shape index (κ2) is 4.14. The van der Waals surface area contributed by atoms with Crippen LogP contribution in [-0.4, -0.2) is 27.9 Å². The second-order valence-corrected chi connectivity index (χ2v) is 4.04. The zero-order valence-corrected chi connectivity index (χ0v) is 9.23. The molecule has 2 rings (SSSR count). The van der Waals surface area contributed by atoms with Crippen LogP contribution in [0.1, 0.15) is 30.9 Å². The molecule has 2 atom stereocenters. The quantitative estimate of drug-likeness (QED) is 0.754. The number of aromatic nitrogens is 2. The van der Waals surface area contributed by atoms with Crippen LogP contribution in [0.3, 0.4) is 0 Å². The summed E-state index contributed by atoms with van der Waals surface area (Å²) >= 11 is 0. The number of rotatable bonds is 3. The number of hydrogen-bond acceptors (Lipinski definition) is 3. The Morgan fingerprint density at radius 2 is 2.53 bits per heavy atom. The summed E-state index contributed by atoms with van der Waals surface area (Å²) in [4.78, 5) is 16.3. The van der Waals surface area contributed by atoms with Crippen LogP contribution in [0.25, 0.3) is 0 Å². The number of Topliss-reactive ketones (excluding diaryl/α,β-unsaturated/α-hetero) is 1. The van der Waals surface area contributed by atoms with Gasteiger partial charge >= 0.3 is 0 Å². The van der Waals surface area contributed by atoms with E-state index in [2.05, 4.69) is 17.2 Å². The van der Waals surface area contributed by atoms with Crippen molar-refractivity contribution in [3.63, 3.8) is 0 Å². The van der Waals surface area contributed by atoms with Crippen LogP contribution in [0.15, 0.2) is 12.4 Å². The van der Waals surface area contributed by atoms with Crippen LogP contribution in [0, 0.1) is 5.92 Å². The monoisotopic (exact) mass is 207 g/mol. The molecule has 2 heterocycles. The Bertz CT molecular complexity index is 358. The first-order valence-corrected chi connectivity index (χ1v) is 5.52. The normalized spacial score (nSPS) is 25.7. The molecule has 0 aliphatic carbocycles. The Morgan fingerprint density at radius 3 is 3.13 bits per heavy atom. The number of carbonyl (C=O) groups excluding carboxylic acids is 1. The Balaban J connectivity index is 2.20. The summed E-state index contributed by atoms with van der Waals surface area (Å²) < 4.78 is 1.91. The Hall–Kier alpha value is -1.16. The van der Waals surface area contributed by atoms with E-state index in [1.54, 1.807) is 6.20 Å². The molecule has 0 radical (unpaired) electrons. The fraction of sp³-hybridized carbons (Fsp3) is 0.636. The van der Waals surface area contributed by atoms with Gasteiger partial charge in [0.25, 0.3) is 0 Å². The van der Waals surface area contributed by atoms with Gasteiger partial charge < -0.3 is 9.88 Å². The van der Waals surface area contributed by atoms with E-state index in [0.29, 0.717) is 5.82 Å². The molecule has 1 aliphatic rings. The maximum absolute atomic E-state index is 12.2. The lowest BCUT2D eigenvalue weighted by Crippen LogP contribution is -2.29. The predicted octanol–water partition coefficient (Wildman–Crippen LogP) is 1.08. The maximum Gasteiger partial charge on any atom is 0.202 e. The highest BCUT2D eigenvalue weighted by Crippen LogP contribution is 2.19. The summed E-state index contributed by atoms with van der Waals surface area (Å²) in [6.07, 6.45) is 4.49. The molecular formula is C11H17N3O. The highest BCUT2D eigenvalue weighted by molar-refractivity contribution is 5.95. The van der Waals surface area contributed by atoms with Crippen molar-refractivity contribution >= 4 is 5.78 Å². The van der Waals surface area contributed by atoms with Crippen LogP contribution in [-0.2, 0) is 6.54 Å². The second-order valence-electron chi connectivity index (χ2n) is 4.04. The standard InChI is InChI=1S/C11H17N3O/c1-3-14-7-6-13-11(14)10(15)9-4-5-12-8(9)2/h6-9,12H,3-5H2,1-2H3. The first kappa shape index (κ1) is 10.4. The zero-order valence-electron chi connectivity index (χ0n) is 9.23. The van der Waals surface area contributed by atoms with Crippen molar-refractivity contribution in [2.75, 3.05) is 6.54 Å². The topological polar surface area (TPSA) is 46.9 Å². The third kappa shape index (κ3) is 1.81. The number of hydrogen-bond donors (Lipinski definition) is 1. The lowest BCUT2D eigenvalue weighted by atomic mass is 9.96. The van der Waals surface area contributed by atoms with Crippen LogP contribution in [0.5, 0.6) is 0 Å². The predicted molar refractivity (Wildman–Crippen MR) is 57.8 cm³/mol. The summed E-state index contributed by atoms with van der Waals surface area (Å²) in [7, 11) is 0. The van der Waals surface area contributed by atoms with Gasteiger partial charge in [0, 0.05) is 30.9 Å². The minimum Gasteiger partial charge on any atom is -0.329 e. The van der Waals surface area contributed by atoms with Crippen molar-refractivity contribution in [3.05, 3.63) is 18.2 Å². The van der Waals surface area contributed by atoms with E-state index in [9.17, 15) is 4.79 Å². The Kier molecular flexibility index (Phi) is 2.86. The molecule has 1 aromatic heterocycles. The molecule has 2 unspecified atom stereocenters. The van der Waals surface area contributed by atoms with Gasteiger partial charge in [-0.1, -0.05) is 0 Å². The van der Waals surface area contributed by atoms with Crippen molar-refractivity contribution in [1.82, 2.24) is 14.9 Å². The molecule has 0 spiro atoms. The van der Waals surface area contributed by atoms with Gasteiger partial charge in [0.15, 0.2) is 5.82 Å². The summed E-state index contributed by atoms with van der Waals surface area (Å²) in [5, 5.41) is 3.29. The summed E-state index contributed by atoms with van der Waals surface area (Å²) in [6, 6.07) is 0.277. The van der Waals surface area contributed by atoms with Gasteiger partial charge in [-0.2, -0.15) is 0 Å². The van der Waals surface area contributed by atoms with Gasteiger partial charge in [-0.25, -0.2) is 4.98 Å². The molecule has 4 heteroatoms. The van der Waals surface area contributed by atoms with Crippen LogP contribution < -0.4 is 5.32 Å². The van der Waals surface area contributed by atoms with Gasteiger partial charge in [-0.3, -0.25) is 4.79 Å². The van der Waals surface area contributed by atoms with Crippen molar-refractivity contribution in [2.24, 2.45) is 5.92 Å². The number of nitrogens with one attached hydrogen (secondary N) is 1. The summed E-state index contributed by atoms with van der Waals surface area (Å²) in [5.74, 6) is 0.884. The SMILES string of the molecule is CCn1ccnc1C(=O)C1CCNC1C. The van der Waals surface area contributed by atoms with E-state index in [1.807, 2.05) is 17.7 Å². The van der Waals surface area contributed by atoms with Crippen molar-refractivity contribution < 1.29 is 4.79 Å². The number of nitrogens with zero attached hydrogens (tertiary/aromatic N) is 2. The molecular weight excluding hydrogens is 190 g/mol. The van der Waals surface area contributed by atoms with Crippen LogP contribution in [0.4, 0.5) is 0 Å². The summed E-state index contributed by atoms with van der Waals surface area (Å²) in [5.41, 5.74) is 0. The fourth-order valence-corrected chi connectivity index (χ4v) is 2.17. The minimum absolute atomic E-state index is 0.0951. The third-order valence-electron chi connectivity index (χ3n) is 3.14. The average molecular weight is 207 g/mol. The molecule has 0 amide bonds. The van der Waals surface area contributed by atoms with E-state index in [1.165, 1.54) is 0 Å². The molecule has 82 valence electrons. The summed E-state index contributed by atoms with van der Waals surface area (Å²) in [6.45, 7) is 5.82. The van der Waals surface area contributed by atoms with Gasteiger partial charge in [0.05, 0.1) is 0 Å². The molecule has 0 saturated carbocycles. The van der Waals surface area contributed by atoms with Crippen LogP contribution >= 0.6 is 0 Å². The molecule has 1 N–H and O–H groups in total. The average Bonchev–Trinajstić information content (AvgIpc) is 2.84. The molecule has 0 aromatic carbocycles. The first-order chi connectivity index (χ1) is 7.24. The van der Waals surface area contributed by atoms with E-state index >= 15 is 0 Å². The third-order valence-corrected chi connectivity index (χ3v) is 3.14. The van der Waals surface area contributed by atoms with Gasteiger partial charge in [0.2, 0.25) is 5.78 Å². The Labute approximate surface area is 89.7 Å². The number of ketones is 1. The van der Waals surface area contributed by atoms with Crippen molar-refractivity contribution in [1.29, 1.82) is 0 Å². The van der Waals surface area contributed by atoms with Gasteiger partial charge in [-0.05, 0) is 26.8 Å². The molecule has 1 fully saturated rings. The molecule has 0 bridgehead atoms. The maximum atomic E-state index is 12.2. The van der Waals surface area contributed by atoms with E-state index in [-0.39, 0.29) is 17.7 Å². The first-order valence-electron chi connectivity index (χ1n) is 5.52. The van der Waals surface area contributed by atoms with Crippen molar-refractivity contribution in [2.45, 2.75) is 32.9 Å². The van der Waals surface area contributed by atoms with Crippen LogP contribution in [0.2, 0.25) is 0 Å². The van der Waals surface area contributed by atoms with Gasteiger partial charge in [-0.15, -0.1) is 0 Å². The lowest BCUT2D eigenvalue weighted by Gasteiger charge is -2.13. The molecule has 15 heavy (non-hydrogen) atoms. The number of imidazole rings is 1. The highest BCUT2D eigenvalue weighted by atomic mass is 16.1. The number of carbonyl (C=O) groups is 1. The minimum atomic E-state index is 0.0951. The Morgan fingerprint density at radius 1 is 1.73 bits per heavy atom.